The SMILES string of the molecule is CO[C@H](C[C@H](CCN1CCC(F)(F)CC1)C(=O)NO)c1ccc(F)cc1. The van der Waals surface area contributed by atoms with E-state index in [4.69, 9.17) is 9.94 Å². The van der Waals surface area contributed by atoms with Crippen LogP contribution in [0, 0.1) is 11.7 Å². The summed E-state index contributed by atoms with van der Waals surface area (Å²) in [6, 6.07) is 5.81. The molecule has 1 aliphatic heterocycles. The van der Waals surface area contributed by atoms with Gasteiger partial charge in [-0.25, -0.2) is 18.7 Å². The third-order valence-electron chi connectivity index (χ3n) is 4.89. The molecule has 8 heteroatoms. The van der Waals surface area contributed by atoms with Crippen LogP contribution in [0.3, 0.4) is 0 Å². The molecule has 1 amide bonds. The first-order valence-corrected chi connectivity index (χ1v) is 8.67. The molecule has 2 rings (SSSR count). The quantitative estimate of drug-likeness (QED) is 0.542. The average Bonchev–Trinajstić information content (AvgIpc) is 2.63. The number of nitrogens with one attached hydrogen (secondary N) is 1. The summed E-state index contributed by atoms with van der Waals surface area (Å²) in [5, 5.41) is 9.00. The van der Waals surface area contributed by atoms with Gasteiger partial charge in [0.2, 0.25) is 5.91 Å². The van der Waals surface area contributed by atoms with E-state index in [1.165, 1.54) is 19.2 Å². The van der Waals surface area contributed by atoms with E-state index in [2.05, 4.69) is 0 Å². The van der Waals surface area contributed by atoms with Gasteiger partial charge in [0.15, 0.2) is 0 Å². The Hall–Kier alpha value is -1.64. The van der Waals surface area contributed by atoms with Crippen molar-refractivity contribution in [2.24, 2.45) is 5.92 Å². The number of rotatable bonds is 8. The lowest BCUT2D eigenvalue weighted by molar-refractivity contribution is -0.135. The third-order valence-corrected chi connectivity index (χ3v) is 4.89. The number of carbonyl (C=O) groups excluding carboxylic acids is 1. The highest BCUT2D eigenvalue weighted by atomic mass is 19.3. The fourth-order valence-corrected chi connectivity index (χ4v) is 3.19. The number of amides is 1. The van der Waals surface area contributed by atoms with Crippen LogP contribution in [0.5, 0.6) is 0 Å². The average molecular weight is 374 g/mol. The Morgan fingerprint density at radius 2 is 1.92 bits per heavy atom. The second-order valence-electron chi connectivity index (χ2n) is 6.67. The largest absolute Gasteiger partial charge is 0.377 e. The highest BCUT2D eigenvalue weighted by Gasteiger charge is 2.34. The van der Waals surface area contributed by atoms with Crippen LogP contribution in [0.15, 0.2) is 24.3 Å². The number of benzene rings is 1. The monoisotopic (exact) mass is 374 g/mol. The lowest BCUT2D eigenvalue weighted by Gasteiger charge is -2.32. The van der Waals surface area contributed by atoms with Crippen LogP contribution in [0.4, 0.5) is 13.2 Å². The van der Waals surface area contributed by atoms with Crippen molar-refractivity contribution in [2.45, 2.75) is 37.7 Å². The number of hydrogen-bond donors (Lipinski definition) is 2. The Morgan fingerprint density at radius 1 is 1.31 bits per heavy atom. The van der Waals surface area contributed by atoms with Crippen molar-refractivity contribution in [2.75, 3.05) is 26.7 Å². The highest BCUT2D eigenvalue weighted by Crippen LogP contribution is 2.30. The van der Waals surface area contributed by atoms with Crippen LogP contribution in [0.25, 0.3) is 0 Å². The number of nitrogens with zero attached hydrogens (tertiary/aromatic N) is 1. The molecule has 1 heterocycles. The summed E-state index contributed by atoms with van der Waals surface area (Å²) in [6.45, 7) is 1.05. The van der Waals surface area contributed by atoms with Gasteiger partial charge in [0.1, 0.15) is 5.82 Å². The number of carbonyl (C=O) groups is 1. The summed E-state index contributed by atoms with van der Waals surface area (Å²) in [7, 11) is 1.49. The fraction of sp³-hybridized carbons (Fsp3) is 0.611. The van der Waals surface area contributed by atoms with Gasteiger partial charge in [-0.1, -0.05) is 12.1 Å². The number of piperidine rings is 1. The lowest BCUT2D eigenvalue weighted by Crippen LogP contribution is -2.41. The first-order valence-electron chi connectivity index (χ1n) is 8.67. The van der Waals surface area contributed by atoms with Crippen LogP contribution in [-0.4, -0.2) is 48.7 Å². The zero-order chi connectivity index (χ0) is 19.2. The Morgan fingerprint density at radius 3 is 2.46 bits per heavy atom. The van der Waals surface area contributed by atoms with Crippen LogP contribution in [-0.2, 0) is 9.53 Å². The molecule has 2 N–H and O–H groups in total. The predicted molar refractivity (Wildman–Crippen MR) is 89.4 cm³/mol. The second kappa shape index (κ2) is 9.34. The van der Waals surface area contributed by atoms with E-state index >= 15 is 0 Å². The predicted octanol–water partition coefficient (Wildman–Crippen LogP) is 3.15. The summed E-state index contributed by atoms with van der Waals surface area (Å²) in [5.74, 6) is -4.08. The summed E-state index contributed by atoms with van der Waals surface area (Å²) in [4.78, 5) is 13.9. The minimum atomic E-state index is -2.61. The van der Waals surface area contributed by atoms with Crippen molar-refractivity contribution in [3.05, 3.63) is 35.6 Å². The topological polar surface area (TPSA) is 61.8 Å². The van der Waals surface area contributed by atoms with Crippen molar-refractivity contribution < 1.29 is 27.9 Å². The molecule has 0 radical (unpaired) electrons. The van der Waals surface area contributed by atoms with E-state index in [-0.39, 0.29) is 31.7 Å². The molecule has 5 nitrogen and oxygen atoms in total. The summed E-state index contributed by atoms with van der Waals surface area (Å²) >= 11 is 0. The van der Waals surface area contributed by atoms with Crippen LogP contribution in [0.1, 0.15) is 37.4 Å². The number of alkyl halides is 2. The van der Waals surface area contributed by atoms with Crippen molar-refractivity contribution in [1.82, 2.24) is 10.4 Å². The van der Waals surface area contributed by atoms with Crippen LogP contribution >= 0.6 is 0 Å². The highest BCUT2D eigenvalue weighted by molar-refractivity contribution is 5.77. The maximum absolute atomic E-state index is 13.2. The normalized spacial score (nSPS) is 19.7. The number of hydroxylamine groups is 1. The van der Waals surface area contributed by atoms with Crippen molar-refractivity contribution in [3.8, 4) is 0 Å². The summed E-state index contributed by atoms with van der Waals surface area (Å²) < 4.78 is 45.0. The smallest absolute Gasteiger partial charge is 0.250 e. The molecule has 1 fully saturated rings. The van der Waals surface area contributed by atoms with Gasteiger partial charge in [0, 0.05) is 39.0 Å². The van der Waals surface area contributed by atoms with E-state index < -0.39 is 23.9 Å². The molecule has 0 saturated carbocycles. The Balaban J connectivity index is 1.95. The molecule has 0 aliphatic carbocycles. The summed E-state index contributed by atoms with van der Waals surface area (Å²) in [5.41, 5.74) is 2.39. The Kier molecular flexibility index (Phi) is 7.43. The van der Waals surface area contributed by atoms with Gasteiger partial charge in [-0.2, -0.15) is 0 Å². The molecule has 1 saturated heterocycles. The van der Waals surface area contributed by atoms with E-state index in [0.29, 0.717) is 19.4 Å². The minimum Gasteiger partial charge on any atom is -0.377 e. The molecular formula is C18H25F3N2O3. The molecule has 146 valence electrons. The van der Waals surface area contributed by atoms with Crippen molar-refractivity contribution >= 4 is 5.91 Å². The Bertz CT molecular complexity index is 574. The van der Waals surface area contributed by atoms with Crippen LogP contribution < -0.4 is 5.48 Å². The van der Waals surface area contributed by atoms with Gasteiger partial charge < -0.3 is 9.64 Å². The Labute approximate surface area is 151 Å². The summed E-state index contributed by atoms with van der Waals surface area (Å²) in [6.07, 6.45) is -0.110. The third kappa shape index (κ3) is 5.96. The molecule has 1 aromatic rings. The maximum Gasteiger partial charge on any atom is 0.250 e. The molecule has 26 heavy (non-hydrogen) atoms. The molecule has 0 spiro atoms. The first-order chi connectivity index (χ1) is 12.3. The zero-order valence-electron chi connectivity index (χ0n) is 14.8. The molecule has 1 aromatic carbocycles. The van der Waals surface area contributed by atoms with Gasteiger partial charge in [-0.15, -0.1) is 0 Å². The molecule has 1 aliphatic rings. The van der Waals surface area contributed by atoms with Gasteiger partial charge >= 0.3 is 0 Å². The molecule has 0 aromatic heterocycles. The standard InChI is InChI=1S/C18H25F3N2O3/c1-26-16(13-2-4-15(19)5-3-13)12-14(17(24)22-25)6-9-23-10-7-18(20,21)8-11-23/h2-5,14,16,25H,6-12H2,1H3,(H,22,24)/t14-,16+/m0/s1. The molecule has 0 unspecified atom stereocenters. The van der Waals surface area contributed by atoms with Gasteiger partial charge in [0.25, 0.3) is 5.92 Å². The van der Waals surface area contributed by atoms with Gasteiger partial charge in [-0.05, 0) is 37.1 Å². The maximum atomic E-state index is 13.2. The molecule has 0 bridgehead atoms. The number of likely N-dealkylation sites (tertiary alicyclic amines) is 1. The molecular weight excluding hydrogens is 349 g/mol. The minimum absolute atomic E-state index is 0.180. The second-order valence-corrected chi connectivity index (χ2v) is 6.67. The number of hydrogen-bond acceptors (Lipinski definition) is 4. The first kappa shape index (κ1) is 20.7. The number of ether oxygens (including phenoxy) is 1. The fourth-order valence-electron chi connectivity index (χ4n) is 3.19. The van der Waals surface area contributed by atoms with E-state index in [9.17, 15) is 18.0 Å². The van der Waals surface area contributed by atoms with Crippen molar-refractivity contribution in [3.63, 3.8) is 0 Å². The number of halogens is 3. The van der Waals surface area contributed by atoms with Gasteiger partial charge in [-0.3, -0.25) is 10.0 Å². The van der Waals surface area contributed by atoms with Gasteiger partial charge in [0.05, 0.1) is 6.10 Å². The van der Waals surface area contributed by atoms with Crippen molar-refractivity contribution in [1.29, 1.82) is 0 Å². The van der Waals surface area contributed by atoms with E-state index in [1.54, 1.807) is 17.6 Å². The van der Waals surface area contributed by atoms with E-state index in [0.717, 1.165) is 5.56 Å². The zero-order valence-corrected chi connectivity index (χ0v) is 14.8. The lowest BCUT2D eigenvalue weighted by atomic mass is 9.93. The van der Waals surface area contributed by atoms with Crippen LogP contribution in [0.2, 0.25) is 0 Å². The van der Waals surface area contributed by atoms with E-state index in [1.807, 2.05) is 4.90 Å². The number of methoxy groups -OCH3 is 1. The molecule has 2 atom stereocenters.